The number of thiazole rings is 1. The van der Waals surface area contributed by atoms with Crippen LogP contribution in [0.15, 0.2) is 5.38 Å². The second-order valence-corrected chi connectivity index (χ2v) is 7.70. The number of aromatic nitrogens is 1. The monoisotopic (exact) mass is 296 g/mol. The lowest BCUT2D eigenvalue weighted by molar-refractivity contribution is -0.126. The van der Waals surface area contributed by atoms with Gasteiger partial charge in [-0.15, -0.1) is 11.3 Å². The quantitative estimate of drug-likeness (QED) is 0.898. The SMILES string of the molecule is CC(C)(C)c1csc(CNC(=O)CC2(O)CCCC2)n1. The molecular weight excluding hydrogens is 272 g/mol. The topological polar surface area (TPSA) is 62.2 Å². The van der Waals surface area contributed by atoms with E-state index in [-0.39, 0.29) is 17.7 Å². The maximum Gasteiger partial charge on any atom is 0.223 e. The van der Waals surface area contributed by atoms with Crippen molar-refractivity contribution in [3.8, 4) is 0 Å². The fourth-order valence-electron chi connectivity index (χ4n) is 2.48. The van der Waals surface area contributed by atoms with Crippen molar-refractivity contribution in [2.75, 3.05) is 0 Å². The van der Waals surface area contributed by atoms with Crippen molar-refractivity contribution in [3.05, 3.63) is 16.1 Å². The van der Waals surface area contributed by atoms with Gasteiger partial charge < -0.3 is 10.4 Å². The van der Waals surface area contributed by atoms with E-state index in [2.05, 4.69) is 31.1 Å². The van der Waals surface area contributed by atoms with Crippen molar-refractivity contribution in [3.63, 3.8) is 0 Å². The second-order valence-electron chi connectivity index (χ2n) is 6.76. The summed E-state index contributed by atoms with van der Waals surface area (Å²) < 4.78 is 0. The molecule has 0 saturated heterocycles. The molecule has 1 aromatic heterocycles. The molecular formula is C15H24N2O2S. The Morgan fingerprint density at radius 3 is 2.65 bits per heavy atom. The largest absolute Gasteiger partial charge is 0.389 e. The number of hydrogen-bond acceptors (Lipinski definition) is 4. The number of rotatable bonds is 4. The Labute approximate surface area is 124 Å². The molecule has 5 heteroatoms. The molecule has 0 unspecified atom stereocenters. The average Bonchev–Trinajstić information content (AvgIpc) is 2.94. The number of carbonyl (C=O) groups is 1. The Bertz CT molecular complexity index is 470. The minimum Gasteiger partial charge on any atom is -0.389 e. The summed E-state index contributed by atoms with van der Waals surface area (Å²) in [6.07, 6.45) is 3.73. The Hall–Kier alpha value is -0.940. The molecule has 0 aromatic carbocycles. The third-order valence-corrected chi connectivity index (χ3v) is 4.63. The van der Waals surface area contributed by atoms with Crippen LogP contribution < -0.4 is 5.32 Å². The highest BCUT2D eigenvalue weighted by molar-refractivity contribution is 7.09. The molecule has 0 aliphatic heterocycles. The lowest BCUT2D eigenvalue weighted by atomic mass is 9.93. The van der Waals surface area contributed by atoms with Crippen molar-refractivity contribution in [2.24, 2.45) is 0 Å². The standard InChI is InChI=1S/C15H24N2O2S/c1-14(2,3)11-10-20-13(17-11)9-16-12(18)8-15(19)6-4-5-7-15/h10,19H,4-9H2,1-3H3,(H,16,18). The zero-order chi connectivity index (χ0) is 14.8. The summed E-state index contributed by atoms with van der Waals surface area (Å²) in [5, 5.41) is 16.0. The van der Waals surface area contributed by atoms with Gasteiger partial charge >= 0.3 is 0 Å². The summed E-state index contributed by atoms with van der Waals surface area (Å²) >= 11 is 1.57. The number of nitrogens with one attached hydrogen (secondary N) is 1. The molecule has 0 radical (unpaired) electrons. The minimum atomic E-state index is -0.774. The van der Waals surface area contributed by atoms with Gasteiger partial charge in [-0.3, -0.25) is 4.79 Å². The van der Waals surface area contributed by atoms with Crippen LogP contribution in [-0.2, 0) is 16.8 Å². The van der Waals surface area contributed by atoms with Gasteiger partial charge in [0.15, 0.2) is 0 Å². The van der Waals surface area contributed by atoms with Gasteiger partial charge in [0, 0.05) is 10.8 Å². The first-order valence-electron chi connectivity index (χ1n) is 7.22. The van der Waals surface area contributed by atoms with Gasteiger partial charge in [-0.1, -0.05) is 33.6 Å². The number of hydrogen-bond donors (Lipinski definition) is 2. The number of amides is 1. The number of aliphatic hydroxyl groups is 1. The van der Waals surface area contributed by atoms with Crippen LogP contribution in [0.25, 0.3) is 0 Å². The highest BCUT2D eigenvalue weighted by Crippen LogP contribution is 2.32. The first kappa shape index (κ1) is 15.4. The van der Waals surface area contributed by atoms with Gasteiger partial charge in [0.05, 0.1) is 24.3 Å². The zero-order valence-corrected chi connectivity index (χ0v) is 13.3. The lowest BCUT2D eigenvalue weighted by Gasteiger charge is -2.20. The van der Waals surface area contributed by atoms with E-state index < -0.39 is 5.60 Å². The fraction of sp³-hybridized carbons (Fsp3) is 0.733. The van der Waals surface area contributed by atoms with Crippen LogP contribution in [-0.4, -0.2) is 21.6 Å². The van der Waals surface area contributed by atoms with E-state index in [9.17, 15) is 9.90 Å². The molecule has 0 atom stereocenters. The minimum absolute atomic E-state index is 0.0394. The molecule has 112 valence electrons. The van der Waals surface area contributed by atoms with E-state index in [1.807, 2.05) is 5.38 Å². The molecule has 1 aliphatic rings. The maximum absolute atomic E-state index is 11.9. The van der Waals surface area contributed by atoms with E-state index in [1.165, 1.54) is 0 Å². The summed E-state index contributed by atoms with van der Waals surface area (Å²) in [6, 6.07) is 0. The van der Waals surface area contributed by atoms with Crippen LogP contribution in [0.2, 0.25) is 0 Å². The zero-order valence-electron chi connectivity index (χ0n) is 12.5. The Morgan fingerprint density at radius 1 is 1.45 bits per heavy atom. The van der Waals surface area contributed by atoms with E-state index >= 15 is 0 Å². The predicted octanol–water partition coefficient (Wildman–Crippen LogP) is 2.75. The van der Waals surface area contributed by atoms with Crippen molar-refractivity contribution in [1.29, 1.82) is 0 Å². The van der Waals surface area contributed by atoms with Gasteiger partial charge in [-0.25, -0.2) is 4.98 Å². The highest BCUT2D eigenvalue weighted by atomic mass is 32.1. The van der Waals surface area contributed by atoms with Crippen LogP contribution in [0.4, 0.5) is 0 Å². The van der Waals surface area contributed by atoms with Gasteiger partial charge in [0.1, 0.15) is 5.01 Å². The molecule has 1 saturated carbocycles. The Morgan fingerprint density at radius 2 is 2.10 bits per heavy atom. The van der Waals surface area contributed by atoms with Crippen LogP contribution in [0.1, 0.15) is 63.6 Å². The Balaban J connectivity index is 1.83. The molecule has 2 N–H and O–H groups in total. The van der Waals surface area contributed by atoms with Crippen molar-refractivity contribution >= 4 is 17.2 Å². The van der Waals surface area contributed by atoms with Crippen LogP contribution >= 0.6 is 11.3 Å². The van der Waals surface area contributed by atoms with Gasteiger partial charge in [0.25, 0.3) is 0 Å². The normalized spacial score (nSPS) is 18.2. The first-order chi connectivity index (χ1) is 9.28. The molecule has 0 spiro atoms. The molecule has 1 heterocycles. The Kier molecular flexibility index (Phi) is 4.49. The molecule has 1 aromatic rings. The summed E-state index contributed by atoms with van der Waals surface area (Å²) in [5.74, 6) is -0.0816. The maximum atomic E-state index is 11.9. The van der Waals surface area contributed by atoms with Gasteiger partial charge in [-0.05, 0) is 12.8 Å². The van der Waals surface area contributed by atoms with E-state index in [1.54, 1.807) is 11.3 Å². The molecule has 2 rings (SSSR count). The number of nitrogens with zero attached hydrogens (tertiary/aromatic N) is 1. The van der Waals surface area contributed by atoms with E-state index in [0.717, 1.165) is 36.4 Å². The third kappa shape index (κ3) is 4.03. The molecule has 1 fully saturated rings. The molecule has 1 aliphatic carbocycles. The summed E-state index contributed by atoms with van der Waals surface area (Å²) in [4.78, 5) is 16.4. The molecule has 20 heavy (non-hydrogen) atoms. The van der Waals surface area contributed by atoms with Gasteiger partial charge in [-0.2, -0.15) is 0 Å². The molecule has 4 nitrogen and oxygen atoms in total. The second kappa shape index (κ2) is 5.82. The number of carbonyl (C=O) groups excluding carboxylic acids is 1. The first-order valence-corrected chi connectivity index (χ1v) is 8.10. The van der Waals surface area contributed by atoms with E-state index in [4.69, 9.17) is 0 Å². The molecule has 0 bridgehead atoms. The average molecular weight is 296 g/mol. The van der Waals surface area contributed by atoms with Crippen LogP contribution in [0.5, 0.6) is 0 Å². The molecule has 1 amide bonds. The fourth-order valence-corrected chi connectivity index (χ4v) is 3.44. The summed E-state index contributed by atoms with van der Waals surface area (Å²) in [5.41, 5.74) is 0.322. The summed E-state index contributed by atoms with van der Waals surface area (Å²) in [6.45, 7) is 6.83. The van der Waals surface area contributed by atoms with E-state index in [0.29, 0.717) is 6.54 Å². The summed E-state index contributed by atoms with van der Waals surface area (Å²) in [7, 11) is 0. The highest BCUT2D eigenvalue weighted by Gasteiger charge is 2.33. The predicted molar refractivity (Wildman–Crippen MR) is 80.7 cm³/mol. The van der Waals surface area contributed by atoms with Gasteiger partial charge in [0.2, 0.25) is 5.91 Å². The third-order valence-electron chi connectivity index (χ3n) is 3.78. The smallest absolute Gasteiger partial charge is 0.223 e. The van der Waals surface area contributed by atoms with Crippen molar-refractivity contribution in [1.82, 2.24) is 10.3 Å². The van der Waals surface area contributed by atoms with Crippen LogP contribution in [0, 0.1) is 0 Å². The van der Waals surface area contributed by atoms with Crippen LogP contribution in [0.3, 0.4) is 0 Å². The van der Waals surface area contributed by atoms with Crippen molar-refractivity contribution in [2.45, 2.75) is 70.4 Å². The lowest BCUT2D eigenvalue weighted by Crippen LogP contribution is -2.34. The van der Waals surface area contributed by atoms with Crippen molar-refractivity contribution < 1.29 is 9.90 Å².